The molecule has 3 nitrogen and oxygen atoms in total. The number of hydrogen-bond acceptors (Lipinski definition) is 4. The molecule has 1 aromatic carbocycles. The highest BCUT2D eigenvalue weighted by molar-refractivity contribution is 7.12. The summed E-state index contributed by atoms with van der Waals surface area (Å²) in [6.45, 7) is 4.11. The van der Waals surface area contributed by atoms with E-state index in [0.717, 1.165) is 22.1 Å². The summed E-state index contributed by atoms with van der Waals surface area (Å²) in [6.07, 6.45) is 0. The van der Waals surface area contributed by atoms with Gasteiger partial charge in [0.15, 0.2) is 0 Å². The predicted octanol–water partition coefficient (Wildman–Crippen LogP) is 2.99. The molecule has 0 saturated carbocycles. The van der Waals surface area contributed by atoms with E-state index in [-0.39, 0.29) is 5.82 Å². The first-order chi connectivity index (χ1) is 9.22. The molecular formula is C14H17FN2OS. The summed E-state index contributed by atoms with van der Waals surface area (Å²) < 4.78 is 18.7. The van der Waals surface area contributed by atoms with Gasteiger partial charge in [0, 0.05) is 30.6 Å². The summed E-state index contributed by atoms with van der Waals surface area (Å²) in [6, 6.07) is 6.74. The minimum Gasteiger partial charge on any atom is -0.383 e. The van der Waals surface area contributed by atoms with Gasteiger partial charge >= 0.3 is 0 Å². The lowest BCUT2D eigenvalue weighted by molar-refractivity contribution is 0.199. The summed E-state index contributed by atoms with van der Waals surface area (Å²) in [5.41, 5.74) is 1.31. The van der Waals surface area contributed by atoms with E-state index in [9.17, 15) is 4.39 Å². The Morgan fingerprint density at radius 1 is 1.37 bits per heavy atom. The number of thiazole rings is 1. The molecule has 0 radical (unpaired) electrons. The van der Waals surface area contributed by atoms with Crippen molar-refractivity contribution in [1.82, 2.24) is 10.3 Å². The third kappa shape index (κ3) is 3.59. The second-order valence-corrected chi connectivity index (χ2v) is 5.45. The molecular weight excluding hydrogens is 263 g/mol. The van der Waals surface area contributed by atoms with Gasteiger partial charge in [-0.25, -0.2) is 9.37 Å². The third-order valence-corrected chi connectivity index (χ3v) is 3.70. The second kappa shape index (κ2) is 6.75. The molecule has 102 valence electrons. The van der Waals surface area contributed by atoms with Crippen molar-refractivity contribution in [3.8, 4) is 11.3 Å². The molecule has 1 N–H and O–H groups in total. The Kier molecular flexibility index (Phi) is 5.01. The maximum Gasteiger partial charge on any atom is 0.132 e. The van der Waals surface area contributed by atoms with Gasteiger partial charge in [0.1, 0.15) is 10.8 Å². The molecule has 0 fully saturated rings. The number of nitrogens with one attached hydrogen (secondary N) is 1. The topological polar surface area (TPSA) is 34.1 Å². The van der Waals surface area contributed by atoms with Crippen LogP contribution < -0.4 is 5.32 Å². The van der Waals surface area contributed by atoms with E-state index in [1.165, 1.54) is 6.07 Å². The van der Waals surface area contributed by atoms with Crippen LogP contribution in [0.1, 0.15) is 9.88 Å². The van der Waals surface area contributed by atoms with Crippen molar-refractivity contribution in [1.29, 1.82) is 0 Å². The van der Waals surface area contributed by atoms with Crippen LogP contribution in [-0.2, 0) is 11.3 Å². The standard InChI is InChI=1S/C14H17FN2OS/c1-10-14(11-5-3-4-6-12(11)15)17-13(19-10)9-16-7-8-18-2/h3-6,16H,7-9H2,1-2H3. The van der Waals surface area contributed by atoms with Crippen molar-refractivity contribution in [3.63, 3.8) is 0 Å². The van der Waals surface area contributed by atoms with Gasteiger partial charge in [0.2, 0.25) is 0 Å². The molecule has 1 aromatic heterocycles. The quantitative estimate of drug-likeness (QED) is 0.826. The molecule has 0 spiro atoms. The largest absolute Gasteiger partial charge is 0.383 e. The lowest BCUT2D eigenvalue weighted by Crippen LogP contribution is -2.18. The zero-order chi connectivity index (χ0) is 13.7. The van der Waals surface area contributed by atoms with Crippen molar-refractivity contribution < 1.29 is 9.13 Å². The van der Waals surface area contributed by atoms with E-state index < -0.39 is 0 Å². The maximum absolute atomic E-state index is 13.7. The first-order valence-electron chi connectivity index (χ1n) is 6.13. The van der Waals surface area contributed by atoms with E-state index in [4.69, 9.17) is 4.74 Å². The Labute approximate surface area is 116 Å². The average Bonchev–Trinajstić information content (AvgIpc) is 2.76. The molecule has 0 aliphatic heterocycles. The summed E-state index contributed by atoms with van der Waals surface area (Å²) in [5.74, 6) is -0.227. The van der Waals surface area contributed by atoms with Gasteiger partial charge in [-0.15, -0.1) is 11.3 Å². The number of nitrogens with zero attached hydrogens (tertiary/aromatic N) is 1. The molecule has 0 bridgehead atoms. The molecule has 2 rings (SSSR count). The van der Waals surface area contributed by atoms with E-state index in [0.29, 0.717) is 18.7 Å². The normalized spacial score (nSPS) is 10.9. The summed E-state index contributed by atoms with van der Waals surface area (Å²) in [4.78, 5) is 5.55. The molecule has 0 aliphatic rings. The van der Waals surface area contributed by atoms with E-state index in [1.54, 1.807) is 30.6 Å². The van der Waals surface area contributed by atoms with Crippen molar-refractivity contribution >= 4 is 11.3 Å². The van der Waals surface area contributed by atoms with Crippen LogP contribution in [-0.4, -0.2) is 25.2 Å². The first-order valence-corrected chi connectivity index (χ1v) is 6.95. The average molecular weight is 280 g/mol. The van der Waals surface area contributed by atoms with E-state index in [1.807, 2.05) is 13.0 Å². The Hall–Kier alpha value is -1.30. The van der Waals surface area contributed by atoms with E-state index >= 15 is 0 Å². The molecule has 0 amide bonds. The zero-order valence-electron chi connectivity index (χ0n) is 11.1. The molecule has 0 atom stereocenters. The Balaban J connectivity index is 2.11. The summed E-state index contributed by atoms with van der Waals surface area (Å²) in [7, 11) is 1.67. The monoisotopic (exact) mass is 280 g/mol. The summed E-state index contributed by atoms with van der Waals surface area (Å²) in [5, 5.41) is 4.20. The SMILES string of the molecule is COCCNCc1nc(-c2ccccc2F)c(C)s1. The number of aryl methyl sites for hydroxylation is 1. The molecule has 1 heterocycles. The van der Waals surface area contributed by atoms with Crippen LogP contribution >= 0.6 is 11.3 Å². The van der Waals surface area contributed by atoms with Gasteiger partial charge in [0.05, 0.1) is 12.3 Å². The third-order valence-electron chi connectivity index (χ3n) is 2.73. The van der Waals surface area contributed by atoms with Gasteiger partial charge in [0.25, 0.3) is 0 Å². The highest BCUT2D eigenvalue weighted by Gasteiger charge is 2.12. The zero-order valence-corrected chi connectivity index (χ0v) is 11.9. The number of halogens is 1. The molecule has 19 heavy (non-hydrogen) atoms. The summed E-state index contributed by atoms with van der Waals surface area (Å²) >= 11 is 1.59. The minimum atomic E-state index is -0.227. The number of aromatic nitrogens is 1. The van der Waals surface area contributed by atoms with Gasteiger partial charge < -0.3 is 10.1 Å². The lowest BCUT2D eigenvalue weighted by atomic mass is 10.1. The van der Waals surface area contributed by atoms with E-state index in [2.05, 4.69) is 10.3 Å². The van der Waals surface area contributed by atoms with Gasteiger partial charge in [-0.1, -0.05) is 12.1 Å². The fourth-order valence-corrected chi connectivity index (χ4v) is 2.72. The minimum absolute atomic E-state index is 0.227. The Morgan fingerprint density at radius 2 is 2.16 bits per heavy atom. The highest BCUT2D eigenvalue weighted by Crippen LogP contribution is 2.29. The number of rotatable bonds is 6. The number of ether oxygens (including phenoxy) is 1. The molecule has 5 heteroatoms. The second-order valence-electron chi connectivity index (χ2n) is 4.16. The van der Waals surface area contributed by atoms with Crippen LogP contribution in [0.5, 0.6) is 0 Å². The molecule has 0 aliphatic carbocycles. The van der Waals surface area contributed by atoms with Crippen molar-refractivity contribution in [2.75, 3.05) is 20.3 Å². The van der Waals surface area contributed by atoms with Crippen LogP contribution in [0.4, 0.5) is 4.39 Å². The number of methoxy groups -OCH3 is 1. The molecule has 0 saturated heterocycles. The number of hydrogen-bond donors (Lipinski definition) is 1. The highest BCUT2D eigenvalue weighted by atomic mass is 32.1. The fourth-order valence-electron chi connectivity index (χ4n) is 1.80. The van der Waals surface area contributed by atoms with Crippen molar-refractivity contribution in [2.45, 2.75) is 13.5 Å². The Bertz CT molecular complexity index is 542. The lowest BCUT2D eigenvalue weighted by Gasteiger charge is -2.01. The van der Waals surface area contributed by atoms with Crippen LogP contribution in [0.3, 0.4) is 0 Å². The number of benzene rings is 1. The predicted molar refractivity (Wildman–Crippen MR) is 75.8 cm³/mol. The smallest absolute Gasteiger partial charge is 0.132 e. The molecule has 2 aromatic rings. The fraction of sp³-hybridized carbons (Fsp3) is 0.357. The van der Waals surface area contributed by atoms with Gasteiger partial charge in [-0.2, -0.15) is 0 Å². The van der Waals surface area contributed by atoms with Crippen molar-refractivity contribution in [2.24, 2.45) is 0 Å². The van der Waals surface area contributed by atoms with Crippen LogP contribution in [0.15, 0.2) is 24.3 Å². The van der Waals surface area contributed by atoms with Crippen LogP contribution in [0.2, 0.25) is 0 Å². The van der Waals surface area contributed by atoms with Gasteiger partial charge in [-0.05, 0) is 19.1 Å². The van der Waals surface area contributed by atoms with Crippen molar-refractivity contribution in [3.05, 3.63) is 40.0 Å². The first kappa shape index (κ1) is 14.1. The Morgan fingerprint density at radius 3 is 2.89 bits per heavy atom. The van der Waals surface area contributed by atoms with Crippen LogP contribution in [0.25, 0.3) is 11.3 Å². The molecule has 0 unspecified atom stereocenters. The van der Waals surface area contributed by atoms with Crippen LogP contribution in [0, 0.1) is 12.7 Å². The van der Waals surface area contributed by atoms with Gasteiger partial charge in [-0.3, -0.25) is 0 Å². The maximum atomic E-state index is 13.7.